The Balaban J connectivity index is 3.02. The average Bonchev–Trinajstić information content (AvgIpc) is 2.34. The van der Waals surface area contributed by atoms with E-state index >= 15 is 0 Å². The van der Waals surface area contributed by atoms with Gasteiger partial charge in [-0.2, -0.15) is 5.26 Å². The van der Waals surface area contributed by atoms with Crippen LogP contribution in [0.4, 0.5) is 0 Å². The Kier molecular flexibility index (Phi) is 1.69. The minimum Gasteiger partial charge on any atom is -0.326 e. The van der Waals surface area contributed by atoms with E-state index in [1.54, 1.807) is 6.07 Å². The van der Waals surface area contributed by atoms with Crippen molar-refractivity contribution in [1.29, 1.82) is 5.26 Å². The molecule has 0 aliphatic heterocycles. The molecule has 4 nitrogen and oxygen atoms in total. The van der Waals surface area contributed by atoms with Crippen LogP contribution in [0.2, 0.25) is 0 Å². The minimum absolute atomic E-state index is 0.00165. The summed E-state index contributed by atoms with van der Waals surface area (Å²) in [5.41, 5.74) is 0.226. The number of hydrogen-bond donors (Lipinski definition) is 1. The van der Waals surface area contributed by atoms with Crippen molar-refractivity contribution < 1.29 is 4.79 Å². The van der Waals surface area contributed by atoms with Crippen LogP contribution in [-0.2, 0) is 0 Å². The van der Waals surface area contributed by atoms with Crippen LogP contribution in [0.15, 0.2) is 6.20 Å². The molecule has 0 aromatic carbocycles. The lowest BCUT2D eigenvalue weighted by atomic mass is 10.5. The minimum atomic E-state index is -0.693. The van der Waals surface area contributed by atoms with E-state index in [1.165, 1.54) is 6.20 Å². The molecular weight excluding hydrogens is 154 g/mol. The van der Waals surface area contributed by atoms with Crippen molar-refractivity contribution in [3.05, 3.63) is 17.7 Å². The Bertz CT molecular complexity index is 298. The zero-order valence-corrected chi connectivity index (χ0v) is 5.51. The number of carbonyl (C=O) groups excluding carboxylic acids is 1. The number of imidazole rings is 1. The number of H-pyrrole nitrogens is 1. The second-order valence-corrected chi connectivity index (χ2v) is 1.87. The normalized spacial score (nSPS) is 8.80. The average molecular weight is 156 g/mol. The van der Waals surface area contributed by atoms with Crippen LogP contribution in [0, 0.1) is 11.3 Å². The first-order valence-electron chi connectivity index (χ1n) is 2.39. The predicted molar refractivity (Wildman–Crippen MR) is 33.5 cm³/mol. The summed E-state index contributed by atoms with van der Waals surface area (Å²) in [5, 5.41) is 7.56. The molecule has 0 radical (unpaired) electrons. The van der Waals surface area contributed by atoms with Crippen LogP contribution >= 0.6 is 11.6 Å². The van der Waals surface area contributed by atoms with Crippen molar-refractivity contribution in [3.8, 4) is 6.07 Å². The van der Waals surface area contributed by atoms with Crippen LogP contribution in [-0.4, -0.2) is 15.2 Å². The number of nitriles is 1. The van der Waals surface area contributed by atoms with E-state index in [2.05, 4.69) is 9.97 Å². The molecule has 1 N–H and O–H groups in total. The number of carbonyl (C=O) groups is 1. The third kappa shape index (κ3) is 1.14. The van der Waals surface area contributed by atoms with Crippen molar-refractivity contribution in [2.45, 2.75) is 0 Å². The fourth-order valence-electron chi connectivity index (χ4n) is 0.478. The van der Waals surface area contributed by atoms with Crippen molar-refractivity contribution in [2.75, 3.05) is 0 Å². The first-order valence-corrected chi connectivity index (χ1v) is 2.77. The molecular formula is C5H2ClN3O. The summed E-state index contributed by atoms with van der Waals surface area (Å²) < 4.78 is 0. The van der Waals surface area contributed by atoms with E-state index in [1.807, 2.05) is 0 Å². The van der Waals surface area contributed by atoms with E-state index in [4.69, 9.17) is 16.9 Å². The summed E-state index contributed by atoms with van der Waals surface area (Å²) >= 11 is 5.03. The third-order valence-electron chi connectivity index (χ3n) is 0.882. The smallest absolute Gasteiger partial charge is 0.287 e. The van der Waals surface area contributed by atoms with Crippen molar-refractivity contribution in [2.24, 2.45) is 0 Å². The van der Waals surface area contributed by atoms with Crippen molar-refractivity contribution in [3.63, 3.8) is 0 Å². The number of nitrogens with zero attached hydrogens (tertiary/aromatic N) is 2. The molecule has 0 amide bonds. The van der Waals surface area contributed by atoms with Gasteiger partial charge in [0.25, 0.3) is 5.24 Å². The molecule has 0 aliphatic carbocycles. The standard InChI is InChI=1S/C5H2ClN3O/c6-4(10)5-8-2-3(1-7)9-5/h2H,(H,8,9). The number of nitrogens with one attached hydrogen (secondary N) is 1. The largest absolute Gasteiger partial charge is 0.326 e. The van der Waals surface area contributed by atoms with Crippen LogP contribution in [0.1, 0.15) is 16.3 Å². The van der Waals surface area contributed by atoms with Crippen LogP contribution in [0.5, 0.6) is 0 Å². The summed E-state index contributed by atoms with van der Waals surface area (Å²) in [6.07, 6.45) is 1.25. The first kappa shape index (κ1) is 6.78. The zero-order valence-electron chi connectivity index (χ0n) is 4.76. The Morgan fingerprint density at radius 3 is 2.90 bits per heavy atom. The van der Waals surface area contributed by atoms with Gasteiger partial charge in [0.1, 0.15) is 11.8 Å². The first-order chi connectivity index (χ1) is 4.74. The highest BCUT2D eigenvalue weighted by Crippen LogP contribution is 1.98. The highest BCUT2D eigenvalue weighted by Gasteiger charge is 2.04. The number of aromatic amines is 1. The maximum Gasteiger partial charge on any atom is 0.287 e. The molecule has 0 aliphatic rings. The van der Waals surface area contributed by atoms with Crippen molar-refractivity contribution in [1.82, 2.24) is 9.97 Å². The fourth-order valence-corrected chi connectivity index (χ4v) is 0.574. The Hall–Kier alpha value is -1.34. The van der Waals surface area contributed by atoms with Gasteiger partial charge in [0.05, 0.1) is 6.20 Å². The zero-order chi connectivity index (χ0) is 7.56. The van der Waals surface area contributed by atoms with Gasteiger partial charge in [-0.3, -0.25) is 4.79 Å². The molecule has 1 rings (SSSR count). The lowest BCUT2D eigenvalue weighted by Crippen LogP contribution is -1.90. The number of halogens is 1. The topological polar surface area (TPSA) is 69.5 Å². The van der Waals surface area contributed by atoms with Gasteiger partial charge in [-0.1, -0.05) is 0 Å². The molecule has 10 heavy (non-hydrogen) atoms. The molecule has 0 fully saturated rings. The molecule has 50 valence electrons. The second-order valence-electron chi connectivity index (χ2n) is 1.53. The fraction of sp³-hybridized carbons (Fsp3) is 0. The van der Waals surface area contributed by atoms with Gasteiger partial charge >= 0.3 is 0 Å². The van der Waals surface area contributed by atoms with Gasteiger partial charge in [0.2, 0.25) is 0 Å². The van der Waals surface area contributed by atoms with Gasteiger partial charge in [-0.25, -0.2) is 4.98 Å². The molecule has 0 unspecified atom stereocenters. The Morgan fingerprint density at radius 2 is 2.60 bits per heavy atom. The quantitative estimate of drug-likeness (QED) is 0.606. The van der Waals surface area contributed by atoms with E-state index < -0.39 is 5.24 Å². The van der Waals surface area contributed by atoms with Gasteiger partial charge in [0.15, 0.2) is 5.82 Å². The number of hydrogen-bond acceptors (Lipinski definition) is 3. The monoisotopic (exact) mass is 155 g/mol. The van der Waals surface area contributed by atoms with Crippen LogP contribution in [0.3, 0.4) is 0 Å². The summed E-state index contributed by atoms with van der Waals surface area (Å²) in [7, 11) is 0. The molecule has 0 spiro atoms. The summed E-state index contributed by atoms with van der Waals surface area (Å²) in [6, 6.07) is 1.77. The Morgan fingerprint density at radius 1 is 1.90 bits per heavy atom. The maximum atomic E-state index is 10.3. The van der Waals surface area contributed by atoms with Crippen LogP contribution < -0.4 is 0 Å². The van der Waals surface area contributed by atoms with Crippen LogP contribution in [0.25, 0.3) is 0 Å². The molecule has 0 atom stereocenters. The second kappa shape index (κ2) is 2.50. The number of aromatic nitrogens is 2. The molecule has 0 saturated carbocycles. The van der Waals surface area contributed by atoms with E-state index in [9.17, 15) is 4.79 Å². The molecule has 1 heterocycles. The van der Waals surface area contributed by atoms with Crippen molar-refractivity contribution >= 4 is 16.8 Å². The molecule has 1 aromatic rings. The third-order valence-corrected chi connectivity index (χ3v) is 1.06. The van der Waals surface area contributed by atoms with Gasteiger partial charge in [-0.15, -0.1) is 0 Å². The van der Waals surface area contributed by atoms with E-state index in [0.717, 1.165) is 0 Å². The Labute approximate surface area is 61.4 Å². The lowest BCUT2D eigenvalue weighted by Gasteiger charge is -1.78. The SMILES string of the molecule is N#Cc1cnc(C(=O)Cl)[nH]1. The van der Waals surface area contributed by atoms with Gasteiger partial charge < -0.3 is 4.98 Å². The number of rotatable bonds is 1. The molecule has 1 aromatic heterocycles. The molecule has 0 saturated heterocycles. The highest BCUT2D eigenvalue weighted by molar-refractivity contribution is 6.67. The molecule has 5 heteroatoms. The summed E-state index contributed by atoms with van der Waals surface area (Å²) in [6.45, 7) is 0. The van der Waals surface area contributed by atoms with E-state index in [-0.39, 0.29) is 11.5 Å². The maximum absolute atomic E-state index is 10.3. The van der Waals surface area contributed by atoms with E-state index in [0.29, 0.717) is 0 Å². The highest BCUT2D eigenvalue weighted by atomic mass is 35.5. The lowest BCUT2D eigenvalue weighted by molar-refractivity contribution is 0.107. The van der Waals surface area contributed by atoms with Gasteiger partial charge in [0, 0.05) is 0 Å². The molecule has 0 bridgehead atoms. The van der Waals surface area contributed by atoms with Gasteiger partial charge in [-0.05, 0) is 11.6 Å². The predicted octanol–water partition coefficient (Wildman–Crippen LogP) is 0.660. The summed E-state index contributed by atoms with van der Waals surface area (Å²) in [4.78, 5) is 16.3. The summed E-state index contributed by atoms with van der Waals surface area (Å²) in [5.74, 6) is -0.00165.